The van der Waals surface area contributed by atoms with Crippen LogP contribution >= 0.6 is 0 Å². The molecule has 5 nitrogen and oxygen atoms in total. The number of nitrogens with one attached hydrogen (secondary N) is 1. The van der Waals surface area contributed by atoms with Crippen LogP contribution in [0.4, 0.5) is 17.3 Å². The first-order valence-electron chi connectivity index (χ1n) is 7.01. The molecule has 0 saturated carbocycles. The highest BCUT2D eigenvalue weighted by molar-refractivity contribution is 5.66. The smallest absolute Gasteiger partial charge is 0.227 e. The van der Waals surface area contributed by atoms with E-state index in [9.17, 15) is 0 Å². The Morgan fingerprint density at radius 3 is 2.68 bits per heavy atom. The van der Waals surface area contributed by atoms with Crippen molar-refractivity contribution in [1.29, 1.82) is 0 Å². The number of aryl methyl sites for hydroxylation is 2. The largest absolute Gasteiger partial charge is 0.399 e. The molecule has 0 aliphatic heterocycles. The molecule has 0 aliphatic carbocycles. The van der Waals surface area contributed by atoms with Crippen LogP contribution < -0.4 is 11.1 Å². The second-order valence-corrected chi connectivity index (χ2v) is 5.16. The second kappa shape index (κ2) is 5.81. The maximum absolute atomic E-state index is 5.84. The summed E-state index contributed by atoms with van der Waals surface area (Å²) in [6.07, 6.45) is 3.53. The monoisotopic (exact) mass is 291 g/mol. The van der Waals surface area contributed by atoms with Crippen LogP contribution in [0.15, 0.2) is 48.8 Å². The first-order valence-corrected chi connectivity index (χ1v) is 7.01. The summed E-state index contributed by atoms with van der Waals surface area (Å²) >= 11 is 0. The molecule has 0 bridgehead atoms. The summed E-state index contributed by atoms with van der Waals surface area (Å²) in [4.78, 5) is 13.1. The average Bonchev–Trinajstić information content (AvgIpc) is 2.51. The first-order chi connectivity index (χ1) is 10.6. The van der Waals surface area contributed by atoms with E-state index in [0.717, 1.165) is 28.2 Å². The normalized spacial score (nSPS) is 10.5. The van der Waals surface area contributed by atoms with E-state index in [1.54, 1.807) is 12.4 Å². The number of nitrogens with two attached hydrogens (primary N) is 1. The highest BCUT2D eigenvalue weighted by atomic mass is 15.1. The molecule has 0 unspecified atom stereocenters. The second-order valence-electron chi connectivity index (χ2n) is 5.16. The molecule has 5 heteroatoms. The Kier molecular flexibility index (Phi) is 3.70. The minimum Gasteiger partial charge on any atom is -0.399 e. The van der Waals surface area contributed by atoms with Crippen LogP contribution in [0.25, 0.3) is 11.3 Å². The van der Waals surface area contributed by atoms with Gasteiger partial charge in [-0.1, -0.05) is 6.07 Å². The summed E-state index contributed by atoms with van der Waals surface area (Å²) < 4.78 is 0. The van der Waals surface area contributed by atoms with Crippen LogP contribution in [0.3, 0.4) is 0 Å². The molecule has 0 saturated heterocycles. The van der Waals surface area contributed by atoms with Gasteiger partial charge in [0.1, 0.15) is 0 Å². The molecule has 2 aromatic heterocycles. The number of pyridine rings is 1. The van der Waals surface area contributed by atoms with Gasteiger partial charge in [0, 0.05) is 35.0 Å². The fourth-order valence-corrected chi connectivity index (χ4v) is 2.18. The van der Waals surface area contributed by atoms with Gasteiger partial charge in [-0.15, -0.1) is 0 Å². The molecular formula is C17H17N5. The molecule has 22 heavy (non-hydrogen) atoms. The number of aromatic nitrogens is 3. The van der Waals surface area contributed by atoms with E-state index in [0.29, 0.717) is 11.6 Å². The lowest BCUT2D eigenvalue weighted by atomic mass is 10.2. The van der Waals surface area contributed by atoms with Gasteiger partial charge >= 0.3 is 0 Å². The lowest BCUT2D eigenvalue weighted by Crippen LogP contribution is -2.02. The van der Waals surface area contributed by atoms with Crippen molar-refractivity contribution in [2.75, 3.05) is 11.1 Å². The van der Waals surface area contributed by atoms with Crippen molar-refractivity contribution in [3.63, 3.8) is 0 Å². The number of nitrogens with zero attached hydrogens (tertiary/aromatic N) is 3. The highest BCUT2D eigenvalue weighted by Crippen LogP contribution is 2.23. The average molecular weight is 291 g/mol. The molecule has 0 amide bonds. The molecule has 2 heterocycles. The Labute approximate surface area is 129 Å². The Balaban J connectivity index is 1.98. The third-order valence-electron chi connectivity index (χ3n) is 3.32. The van der Waals surface area contributed by atoms with Crippen molar-refractivity contribution < 1.29 is 0 Å². The van der Waals surface area contributed by atoms with Gasteiger partial charge < -0.3 is 11.1 Å². The first kappa shape index (κ1) is 14.0. The SMILES string of the molecule is Cc1cc(-c2cccnc2)nc(Nc2cc(N)ccc2C)n1. The predicted molar refractivity (Wildman–Crippen MR) is 88.9 cm³/mol. The summed E-state index contributed by atoms with van der Waals surface area (Å²) in [5, 5.41) is 3.24. The van der Waals surface area contributed by atoms with Crippen molar-refractivity contribution in [3.8, 4) is 11.3 Å². The van der Waals surface area contributed by atoms with Gasteiger partial charge in [-0.25, -0.2) is 9.97 Å². The minimum atomic E-state index is 0.549. The molecule has 3 rings (SSSR count). The van der Waals surface area contributed by atoms with E-state index in [1.807, 2.05) is 50.2 Å². The zero-order valence-corrected chi connectivity index (χ0v) is 12.5. The van der Waals surface area contributed by atoms with Gasteiger partial charge in [-0.3, -0.25) is 4.98 Å². The molecule has 0 radical (unpaired) electrons. The molecule has 110 valence electrons. The Morgan fingerprint density at radius 1 is 1.05 bits per heavy atom. The van der Waals surface area contributed by atoms with Gasteiger partial charge in [0.15, 0.2) is 0 Å². The van der Waals surface area contributed by atoms with E-state index in [4.69, 9.17) is 5.73 Å². The quantitative estimate of drug-likeness (QED) is 0.722. The molecule has 3 N–H and O–H groups in total. The van der Waals surface area contributed by atoms with E-state index in [2.05, 4.69) is 20.3 Å². The van der Waals surface area contributed by atoms with Crippen LogP contribution in [0, 0.1) is 13.8 Å². The van der Waals surface area contributed by atoms with Crippen molar-refractivity contribution in [2.45, 2.75) is 13.8 Å². The molecule has 3 aromatic rings. The number of hydrogen-bond donors (Lipinski definition) is 2. The Bertz CT molecular complexity index is 799. The maximum atomic E-state index is 5.84. The van der Waals surface area contributed by atoms with Crippen molar-refractivity contribution in [1.82, 2.24) is 15.0 Å². The number of benzene rings is 1. The van der Waals surface area contributed by atoms with Crippen LogP contribution in [0.5, 0.6) is 0 Å². The summed E-state index contributed by atoms with van der Waals surface area (Å²) in [6.45, 7) is 3.96. The minimum absolute atomic E-state index is 0.549. The lowest BCUT2D eigenvalue weighted by Gasteiger charge is -2.11. The van der Waals surface area contributed by atoms with Gasteiger partial charge in [0.25, 0.3) is 0 Å². The zero-order valence-electron chi connectivity index (χ0n) is 12.5. The molecule has 0 spiro atoms. The van der Waals surface area contributed by atoms with Gasteiger partial charge in [0.05, 0.1) is 5.69 Å². The fourth-order valence-electron chi connectivity index (χ4n) is 2.18. The van der Waals surface area contributed by atoms with Crippen molar-refractivity contribution in [3.05, 3.63) is 60.0 Å². The summed E-state index contributed by atoms with van der Waals surface area (Å²) in [7, 11) is 0. The summed E-state index contributed by atoms with van der Waals surface area (Å²) in [5.41, 5.74) is 11.2. The topological polar surface area (TPSA) is 76.7 Å². The van der Waals surface area contributed by atoms with Crippen molar-refractivity contribution in [2.24, 2.45) is 0 Å². The van der Waals surface area contributed by atoms with Crippen LogP contribution in [-0.2, 0) is 0 Å². The van der Waals surface area contributed by atoms with Gasteiger partial charge in [-0.2, -0.15) is 0 Å². The van der Waals surface area contributed by atoms with Gasteiger partial charge in [-0.05, 0) is 49.7 Å². The van der Waals surface area contributed by atoms with Crippen LogP contribution in [0.2, 0.25) is 0 Å². The molecular weight excluding hydrogens is 274 g/mol. The lowest BCUT2D eigenvalue weighted by molar-refractivity contribution is 1.10. The molecule has 0 atom stereocenters. The predicted octanol–water partition coefficient (Wildman–Crippen LogP) is 3.48. The number of nitrogen functional groups attached to an aromatic ring is 1. The molecule has 0 fully saturated rings. The van der Waals surface area contributed by atoms with Crippen LogP contribution in [0.1, 0.15) is 11.3 Å². The van der Waals surface area contributed by atoms with E-state index in [-0.39, 0.29) is 0 Å². The van der Waals surface area contributed by atoms with E-state index in [1.165, 1.54) is 0 Å². The fraction of sp³-hybridized carbons (Fsp3) is 0.118. The number of hydrogen-bond acceptors (Lipinski definition) is 5. The number of rotatable bonds is 3. The highest BCUT2D eigenvalue weighted by Gasteiger charge is 2.07. The standard InChI is InChI=1S/C17H17N5/c1-11-5-6-14(18)9-15(11)21-17-20-12(2)8-16(22-17)13-4-3-7-19-10-13/h3-10H,18H2,1-2H3,(H,20,21,22). The zero-order chi connectivity index (χ0) is 15.5. The molecule has 0 aliphatic rings. The Hall–Kier alpha value is -2.95. The van der Waals surface area contributed by atoms with E-state index < -0.39 is 0 Å². The summed E-state index contributed by atoms with van der Waals surface area (Å²) in [6, 6.07) is 11.5. The van der Waals surface area contributed by atoms with Gasteiger partial charge in [0.2, 0.25) is 5.95 Å². The summed E-state index contributed by atoms with van der Waals surface area (Å²) in [5.74, 6) is 0.549. The number of anilines is 3. The Morgan fingerprint density at radius 2 is 1.91 bits per heavy atom. The third kappa shape index (κ3) is 3.03. The van der Waals surface area contributed by atoms with Crippen LogP contribution in [-0.4, -0.2) is 15.0 Å². The molecule has 1 aromatic carbocycles. The van der Waals surface area contributed by atoms with E-state index >= 15 is 0 Å². The maximum Gasteiger partial charge on any atom is 0.227 e. The van der Waals surface area contributed by atoms with Crippen molar-refractivity contribution >= 4 is 17.3 Å². The third-order valence-corrected chi connectivity index (χ3v) is 3.32.